The minimum Gasteiger partial charge on any atom is -0.367 e. The van der Waals surface area contributed by atoms with Gasteiger partial charge in [0, 0.05) is 23.3 Å². The van der Waals surface area contributed by atoms with E-state index in [0.717, 1.165) is 10.6 Å². The molecule has 2 rings (SSSR count). The third kappa shape index (κ3) is 1.11. The van der Waals surface area contributed by atoms with Crippen molar-refractivity contribution in [2.24, 2.45) is 0 Å². The van der Waals surface area contributed by atoms with Gasteiger partial charge >= 0.3 is 0 Å². The number of H-pyrrole nitrogens is 1. The number of aromatic nitrogens is 2. The highest BCUT2D eigenvalue weighted by Crippen LogP contribution is 2.22. The van der Waals surface area contributed by atoms with Crippen molar-refractivity contribution in [1.29, 1.82) is 5.26 Å². The zero-order chi connectivity index (χ0) is 8.39. The molecular formula is C8H5N3S. The van der Waals surface area contributed by atoms with Crippen LogP contribution in [0.1, 0.15) is 5.69 Å². The van der Waals surface area contributed by atoms with E-state index in [2.05, 4.69) is 9.97 Å². The molecule has 12 heavy (non-hydrogen) atoms. The summed E-state index contributed by atoms with van der Waals surface area (Å²) >= 11 is 1.48. The van der Waals surface area contributed by atoms with Gasteiger partial charge in [0.1, 0.15) is 11.1 Å². The fourth-order valence-corrected chi connectivity index (χ4v) is 1.66. The van der Waals surface area contributed by atoms with Gasteiger partial charge in [0.05, 0.1) is 0 Å². The van der Waals surface area contributed by atoms with Gasteiger partial charge < -0.3 is 4.98 Å². The third-order valence-corrected chi connectivity index (χ3v) is 2.35. The lowest BCUT2D eigenvalue weighted by atomic mass is 10.4. The number of aromatic amines is 1. The molecule has 0 aromatic carbocycles. The molecule has 0 saturated carbocycles. The number of nitrogens with one attached hydrogen (secondary N) is 1. The molecule has 0 aliphatic rings. The Balaban J connectivity index is 2.44. The molecule has 4 heteroatoms. The van der Waals surface area contributed by atoms with Crippen molar-refractivity contribution in [3.8, 4) is 16.6 Å². The first kappa shape index (κ1) is 7.07. The average molecular weight is 175 g/mol. The fourth-order valence-electron chi connectivity index (χ4n) is 0.915. The summed E-state index contributed by atoms with van der Waals surface area (Å²) in [6.07, 6.45) is 3.70. The van der Waals surface area contributed by atoms with Crippen LogP contribution in [0, 0.1) is 11.3 Å². The zero-order valence-corrected chi connectivity index (χ0v) is 6.93. The Morgan fingerprint density at radius 2 is 2.50 bits per heavy atom. The summed E-state index contributed by atoms with van der Waals surface area (Å²) in [7, 11) is 0. The normalized spacial score (nSPS) is 9.58. The van der Waals surface area contributed by atoms with E-state index in [-0.39, 0.29) is 0 Å². The summed E-state index contributed by atoms with van der Waals surface area (Å²) in [6.45, 7) is 0. The first-order chi connectivity index (χ1) is 5.90. The fraction of sp³-hybridized carbons (Fsp3) is 0. The highest BCUT2D eigenvalue weighted by Gasteiger charge is 2.02. The van der Waals surface area contributed by atoms with Crippen molar-refractivity contribution < 1.29 is 0 Å². The molecule has 0 aliphatic heterocycles. The number of nitriles is 1. The number of nitrogens with zero attached hydrogens (tertiary/aromatic N) is 2. The van der Waals surface area contributed by atoms with Gasteiger partial charge in [-0.1, -0.05) is 0 Å². The van der Waals surface area contributed by atoms with Crippen LogP contribution in [0.3, 0.4) is 0 Å². The minimum atomic E-state index is 0.483. The highest BCUT2D eigenvalue weighted by molar-refractivity contribution is 7.13. The molecule has 0 aliphatic carbocycles. The van der Waals surface area contributed by atoms with Crippen LogP contribution in [-0.4, -0.2) is 9.97 Å². The van der Waals surface area contributed by atoms with E-state index < -0.39 is 0 Å². The van der Waals surface area contributed by atoms with Gasteiger partial charge in [-0.2, -0.15) is 5.26 Å². The summed E-state index contributed by atoms with van der Waals surface area (Å²) in [4.78, 5) is 7.05. The maximum Gasteiger partial charge on any atom is 0.152 e. The largest absolute Gasteiger partial charge is 0.367 e. The van der Waals surface area contributed by atoms with Crippen molar-refractivity contribution in [2.75, 3.05) is 0 Å². The molecule has 1 N–H and O–H groups in total. The zero-order valence-electron chi connectivity index (χ0n) is 6.11. The molecule has 58 valence electrons. The van der Waals surface area contributed by atoms with Crippen LogP contribution in [0.2, 0.25) is 0 Å². The average Bonchev–Trinajstić information content (AvgIpc) is 2.75. The molecule has 0 radical (unpaired) electrons. The predicted molar refractivity (Wildman–Crippen MR) is 46.6 cm³/mol. The molecular weight excluding hydrogens is 170 g/mol. The standard InChI is InChI=1S/C8H5N3S/c9-3-7-5-12-8(11-7)6-1-2-10-4-6/h1-2,4-5,10H. The summed E-state index contributed by atoms with van der Waals surface area (Å²) in [5.74, 6) is 0. The molecule has 0 atom stereocenters. The van der Waals surface area contributed by atoms with Crippen molar-refractivity contribution >= 4 is 11.3 Å². The molecule has 0 spiro atoms. The second-order valence-electron chi connectivity index (χ2n) is 2.25. The predicted octanol–water partition coefficient (Wildman–Crippen LogP) is 2.01. The molecule has 2 aromatic rings. The van der Waals surface area contributed by atoms with Crippen LogP contribution >= 0.6 is 11.3 Å². The van der Waals surface area contributed by atoms with Crippen molar-refractivity contribution in [2.45, 2.75) is 0 Å². The van der Waals surface area contributed by atoms with Crippen molar-refractivity contribution in [1.82, 2.24) is 9.97 Å². The number of hydrogen-bond acceptors (Lipinski definition) is 3. The second-order valence-corrected chi connectivity index (χ2v) is 3.11. The van der Waals surface area contributed by atoms with Gasteiger partial charge in [-0.25, -0.2) is 4.98 Å². The minimum absolute atomic E-state index is 0.483. The summed E-state index contributed by atoms with van der Waals surface area (Å²) in [5, 5.41) is 11.2. The SMILES string of the molecule is N#Cc1csc(-c2cc[nH]c2)n1. The highest BCUT2D eigenvalue weighted by atomic mass is 32.1. The quantitative estimate of drug-likeness (QED) is 0.720. The smallest absolute Gasteiger partial charge is 0.152 e. The Labute approximate surface area is 73.3 Å². The maximum atomic E-state index is 8.53. The van der Waals surface area contributed by atoms with Gasteiger partial charge in [-0.3, -0.25) is 0 Å². The van der Waals surface area contributed by atoms with Crippen LogP contribution < -0.4 is 0 Å². The van der Waals surface area contributed by atoms with Crippen LogP contribution in [0.5, 0.6) is 0 Å². The van der Waals surface area contributed by atoms with E-state index in [1.807, 2.05) is 24.5 Å². The first-order valence-corrected chi connectivity index (χ1v) is 4.27. The summed E-state index contributed by atoms with van der Waals surface area (Å²) in [6, 6.07) is 3.93. The monoisotopic (exact) mass is 175 g/mol. The molecule has 3 nitrogen and oxygen atoms in total. The molecule has 0 bridgehead atoms. The van der Waals surface area contributed by atoms with E-state index in [9.17, 15) is 0 Å². The van der Waals surface area contributed by atoms with Gasteiger partial charge in [-0.05, 0) is 6.07 Å². The van der Waals surface area contributed by atoms with Gasteiger partial charge in [0.25, 0.3) is 0 Å². The molecule has 0 unspecified atom stereocenters. The number of rotatable bonds is 1. The molecule has 2 aromatic heterocycles. The summed E-state index contributed by atoms with van der Waals surface area (Å²) in [5.41, 5.74) is 1.51. The van der Waals surface area contributed by atoms with Crippen LogP contribution in [0.25, 0.3) is 10.6 Å². The van der Waals surface area contributed by atoms with Crippen LogP contribution in [-0.2, 0) is 0 Å². The van der Waals surface area contributed by atoms with E-state index in [1.165, 1.54) is 11.3 Å². The Morgan fingerprint density at radius 3 is 3.08 bits per heavy atom. The Kier molecular flexibility index (Phi) is 1.65. The number of hydrogen-bond donors (Lipinski definition) is 1. The lowest BCUT2D eigenvalue weighted by molar-refractivity contribution is 1.33. The van der Waals surface area contributed by atoms with E-state index in [1.54, 1.807) is 5.38 Å². The topological polar surface area (TPSA) is 52.5 Å². The van der Waals surface area contributed by atoms with Gasteiger partial charge in [-0.15, -0.1) is 11.3 Å². The van der Waals surface area contributed by atoms with Crippen LogP contribution in [0.4, 0.5) is 0 Å². The van der Waals surface area contributed by atoms with Gasteiger partial charge in [0.15, 0.2) is 5.69 Å². The lowest BCUT2D eigenvalue weighted by Gasteiger charge is -1.84. The third-order valence-electron chi connectivity index (χ3n) is 1.46. The molecule has 0 saturated heterocycles. The Morgan fingerprint density at radius 1 is 1.58 bits per heavy atom. The van der Waals surface area contributed by atoms with Crippen molar-refractivity contribution in [3.05, 3.63) is 29.5 Å². The maximum absolute atomic E-state index is 8.53. The second kappa shape index (κ2) is 2.80. The summed E-state index contributed by atoms with van der Waals surface area (Å²) < 4.78 is 0. The van der Waals surface area contributed by atoms with E-state index in [4.69, 9.17) is 5.26 Å². The van der Waals surface area contributed by atoms with E-state index in [0.29, 0.717) is 5.69 Å². The number of thiazole rings is 1. The Hall–Kier alpha value is -1.60. The lowest BCUT2D eigenvalue weighted by Crippen LogP contribution is -1.73. The first-order valence-electron chi connectivity index (χ1n) is 3.39. The van der Waals surface area contributed by atoms with Crippen molar-refractivity contribution in [3.63, 3.8) is 0 Å². The van der Waals surface area contributed by atoms with E-state index >= 15 is 0 Å². The molecule has 2 heterocycles. The molecule has 0 fully saturated rings. The Bertz CT molecular complexity index is 408. The molecule has 0 amide bonds. The van der Waals surface area contributed by atoms with Crippen LogP contribution in [0.15, 0.2) is 23.8 Å². The van der Waals surface area contributed by atoms with Gasteiger partial charge in [0.2, 0.25) is 0 Å².